The number of aromatic nitrogens is 3. The first-order valence-corrected chi connectivity index (χ1v) is 7.15. The smallest absolute Gasteiger partial charge is 0.0884 e. The van der Waals surface area contributed by atoms with Gasteiger partial charge in [0.1, 0.15) is 0 Å². The molecular formula is C15H20N4O. The largest absolute Gasteiger partial charge is 0.391 e. The van der Waals surface area contributed by atoms with Gasteiger partial charge in [0.2, 0.25) is 0 Å². The molecule has 1 aliphatic heterocycles. The Morgan fingerprint density at radius 1 is 1.30 bits per heavy atom. The van der Waals surface area contributed by atoms with Crippen LogP contribution in [0.5, 0.6) is 0 Å². The van der Waals surface area contributed by atoms with Gasteiger partial charge < -0.3 is 10.4 Å². The summed E-state index contributed by atoms with van der Waals surface area (Å²) in [7, 11) is 0. The van der Waals surface area contributed by atoms with Gasteiger partial charge in [-0.3, -0.25) is 4.68 Å². The molecule has 1 aliphatic rings. The normalized spacial score (nSPS) is 22.9. The Balaban J connectivity index is 1.62. The Morgan fingerprint density at radius 3 is 2.95 bits per heavy atom. The molecule has 106 valence electrons. The molecule has 0 bridgehead atoms. The van der Waals surface area contributed by atoms with E-state index in [9.17, 15) is 5.11 Å². The predicted octanol–water partition coefficient (Wildman–Crippen LogP) is 0.959. The Morgan fingerprint density at radius 2 is 2.15 bits per heavy atom. The van der Waals surface area contributed by atoms with E-state index >= 15 is 0 Å². The molecule has 20 heavy (non-hydrogen) atoms. The monoisotopic (exact) mass is 272 g/mol. The van der Waals surface area contributed by atoms with Crippen molar-refractivity contribution in [3.8, 4) is 0 Å². The number of hydrogen-bond donors (Lipinski definition) is 2. The summed E-state index contributed by atoms with van der Waals surface area (Å²) in [5.41, 5.74) is 2.21. The van der Waals surface area contributed by atoms with Crippen molar-refractivity contribution in [1.29, 1.82) is 0 Å². The van der Waals surface area contributed by atoms with Crippen molar-refractivity contribution >= 4 is 0 Å². The van der Waals surface area contributed by atoms with Crippen LogP contribution in [0.4, 0.5) is 0 Å². The highest BCUT2D eigenvalue weighted by Gasteiger charge is 2.26. The molecule has 2 heterocycles. The zero-order valence-corrected chi connectivity index (χ0v) is 11.4. The fraction of sp³-hybridized carbons (Fsp3) is 0.467. The molecule has 0 saturated carbocycles. The molecule has 2 N–H and O–H groups in total. The van der Waals surface area contributed by atoms with Gasteiger partial charge in [-0.25, -0.2) is 0 Å². The molecule has 0 radical (unpaired) electrons. The molecule has 2 aromatic rings. The SMILES string of the molecule is O[C@@H]1CNCC[C@H]1c1cn(CCc2ccccc2)nn1. The lowest BCUT2D eigenvalue weighted by molar-refractivity contribution is 0.116. The first kappa shape index (κ1) is 13.3. The van der Waals surface area contributed by atoms with Crippen LogP contribution in [-0.4, -0.2) is 39.3 Å². The van der Waals surface area contributed by atoms with Gasteiger partial charge >= 0.3 is 0 Å². The van der Waals surface area contributed by atoms with Crippen LogP contribution in [0.25, 0.3) is 0 Å². The third-order valence-corrected chi connectivity index (χ3v) is 3.86. The van der Waals surface area contributed by atoms with Crippen LogP contribution in [0.1, 0.15) is 23.6 Å². The quantitative estimate of drug-likeness (QED) is 0.870. The van der Waals surface area contributed by atoms with Gasteiger partial charge in [0.15, 0.2) is 0 Å². The lowest BCUT2D eigenvalue weighted by atomic mass is 9.92. The van der Waals surface area contributed by atoms with Gasteiger partial charge in [-0.15, -0.1) is 5.10 Å². The van der Waals surface area contributed by atoms with Crippen LogP contribution in [0.2, 0.25) is 0 Å². The van der Waals surface area contributed by atoms with E-state index in [1.54, 1.807) is 0 Å². The Hall–Kier alpha value is -1.72. The van der Waals surface area contributed by atoms with Crippen LogP contribution < -0.4 is 5.32 Å². The fourth-order valence-electron chi connectivity index (χ4n) is 2.67. The molecule has 3 rings (SSSR count). The summed E-state index contributed by atoms with van der Waals surface area (Å²) >= 11 is 0. The lowest BCUT2D eigenvalue weighted by Crippen LogP contribution is -2.39. The molecule has 1 aromatic heterocycles. The number of piperidine rings is 1. The Labute approximate surface area is 118 Å². The van der Waals surface area contributed by atoms with Gasteiger partial charge in [-0.05, 0) is 24.9 Å². The molecule has 1 aromatic carbocycles. The van der Waals surface area contributed by atoms with E-state index in [4.69, 9.17) is 0 Å². The van der Waals surface area contributed by atoms with Crippen molar-refractivity contribution in [2.45, 2.75) is 31.4 Å². The third-order valence-electron chi connectivity index (χ3n) is 3.86. The average Bonchev–Trinajstić information content (AvgIpc) is 2.95. The summed E-state index contributed by atoms with van der Waals surface area (Å²) in [4.78, 5) is 0. The zero-order valence-electron chi connectivity index (χ0n) is 11.4. The van der Waals surface area contributed by atoms with Crippen molar-refractivity contribution in [3.63, 3.8) is 0 Å². The van der Waals surface area contributed by atoms with E-state index in [1.807, 2.05) is 29.1 Å². The summed E-state index contributed by atoms with van der Waals surface area (Å²) in [5.74, 6) is 0.113. The topological polar surface area (TPSA) is 63.0 Å². The van der Waals surface area contributed by atoms with Crippen LogP contribution in [0.3, 0.4) is 0 Å². The molecule has 0 amide bonds. The highest BCUT2D eigenvalue weighted by molar-refractivity contribution is 5.14. The second kappa shape index (κ2) is 6.15. The van der Waals surface area contributed by atoms with Crippen molar-refractivity contribution in [2.75, 3.05) is 13.1 Å². The van der Waals surface area contributed by atoms with Crippen molar-refractivity contribution in [3.05, 3.63) is 47.8 Å². The minimum Gasteiger partial charge on any atom is -0.391 e. The van der Waals surface area contributed by atoms with E-state index in [2.05, 4.69) is 27.8 Å². The number of rotatable bonds is 4. The lowest BCUT2D eigenvalue weighted by Gasteiger charge is -2.26. The Bertz CT molecular complexity index is 540. The van der Waals surface area contributed by atoms with Gasteiger partial charge in [0, 0.05) is 25.2 Å². The van der Waals surface area contributed by atoms with E-state index < -0.39 is 0 Å². The minimum absolute atomic E-state index is 0.113. The number of nitrogens with zero attached hydrogens (tertiary/aromatic N) is 3. The maximum Gasteiger partial charge on any atom is 0.0884 e. The highest BCUT2D eigenvalue weighted by atomic mass is 16.3. The first-order valence-electron chi connectivity index (χ1n) is 7.15. The molecule has 1 saturated heterocycles. The molecule has 0 aliphatic carbocycles. The molecule has 1 fully saturated rings. The first-order chi connectivity index (χ1) is 9.83. The summed E-state index contributed by atoms with van der Waals surface area (Å²) < 4.78 is 1.87. The number of hydrogen-bond acceptors (Lipinski definition) is 4. The van der Waals surface area contributed by atoms with Crippen LogP contribution >= 0.6 is 0 Å². The summed E-state index contributed by atoms with van der Waals surface area (Å²) in [6, 6.07) is 10.4. The number of aliphatic hydroxyl groups is 1. The van der Waals surface area contributed by atoms with Crippen LogP contribution in [0.15, 0.2) is 36.5 Å². The fourth-order valence-corrected chi connectivity index (χ4v) is 2.67. The number of nitrogens with one attached hydrogen (secondary N) is 1. The van der Waals surface area contributed by atoms with E-state index in [0.717, 1.165) is 31.6 Å². The van der Waals surface area contributed by atoms with Crippen molar-refractivity contribution in [2.24, 2.45) is 0 Å². The molecule has 5 nitrogen and oxygen atoms in total. The standard InChI is InChI=1S/C15H20N4O/c20-15-10-16-8-6-13(15)14-11-19(18-17-14)9-7-12-4-2-1-3-5-12/h1-5,11,13,15-16,20H,6-10H2/t13-,15+/m0/s1. The number of β-amino-alcohol motifs (C(OH)–C–C–N with tert-alkyl or cyclic N) is 1. The average molecular weight is 272 g/mol. The number of aryl methyl sites for hydroxylation is 2. The molecule has 0 spiro atoms. The molecule has 0 unspecified atom stereocenters. The number of benzene rings is 1. The second-order valence-corrected chi connectivity index (χ2v) is 5.31. The number of aliphatic hydroxyl groups excluding tert-OH is 1. The molecule has 2 atom stereocenters. The predicted molar refractivity (Wildman–Crippen MR) is 76.4 cm³/mol. The summed E-state index contributed by atoms with van der Waals surface area (Å²) in [6.45, 7) is 2.39. The van der Waals surface area contributed by atoms with Gasteiger partial charge in [0.25, 0.3) is 0 Å². The van der Waals surface area contributed by atoms with Gasteiger partial charge in [-0.2, -0.15) is 0 Å². The van der Waals surface area contributed by atoms with Crippen LogP contribution in [0, 0.1) is 0 Å². The highest BCUT2D eigenvalue weighted by Crippen LogP contribution is 2.23. The minimum atomic E-state index is -0.358. The maximum absolute atomic E-state index is 10.0. The van der Waals surface area contributed by atoms with Crippen molar-refractivity contribution < 1.29 is 5.11 Å². The van der Waals surface area contributed by atoms with Gasteiger partial charge in [0.05, 0.1) is 11.8 Å². The summed E-state index contributed by atoms with van der Waals surface area (Å²) in [5, 5.41) is 21.6. The van der Waals surface area contributed by atoms with Gasteiger partial charge in [-0.1, -0.05) is 35.5 Å². The van der Waals surface area contributed by atoms with Crippen LogP contribution in [-0.2, 0) is 13.0 Å². The third kappa shape index (κ3) is 3.05. The molecule has 5 heteroatoms. The second-order valence-electron chi connectivity index (χ2n) is 5.31. The maximum atomic E-state index is 10.0. The van der Waals surface area contributed by atoms with E-state index in [0.29, 0.717) is 6.54 Å². The Kier molecular flexibility index (Phi) is 4.08. The van der Waals surface area contributed by atoms with Crippen molar-refractivity contribution in [1.82, 2.24) is 20.3 Å². The van der Waals surface area contributed by atoms with E-state index in [-0.39, 0.29) is 12.0 Å². The summed E-state index contributed by atoms with van der Waals surface area (Å²) in [6.07, 6.45) is 3.47. The van der Waals surface area contributed by atoms with E-state index in [1.165, 1.54) is 5.56 Å². The molecular weight excluding hydrogens is 252 g/mol. The zero-order chi connectivity index (χ0) is 13.8.